The van der Waals surface area contributed by atoms with Crippen molar-refractivity contribution in [1.29, 1.82) is 0 Å². The molecule has 0 spiro atoms. The summed E-state index contributed by atoms with van der Waals surface area (Å²) in [6.45, 7) is 4.47. The molecule has 90 valence electrons. The zero-order chi connectivity index (χ0) is 12.4. The van der Waals surface area contributed by atoms with Gasteiger partial charge >= 0.3 is 0 Å². The first-order chi connectivity index (χ1) is 8.11. The number of rotatable bonds is 3. The predicted octanol–water partition coefficient (Wildman–Crippen LogP) is 1.45. The Balaban J connectivity index is 2.43. The smallest absolute Gasteiger partial charge is 0.0652 e. The average Bonchev–Trinajstić information content (AvgIpc) is 2.67. The van der Waals surface area contributed by atoms with Gasteiger partial charge in [0.05, 0.1) is 11.4 Å². The average molecular weight is 230 g/mol. The number of aryl methyl sites for hydroxylation is 2. The quantitative estimate of drug-likeness (QED) is 0.838. The Morgan fingerprint density at radius 1 is 1.29 bits per heavy atom. The van der Waals surface area contributed by atoms with Crippen molar-refractivity contribution in [3.05, 3.63) is 47.3 Å². The van der Waals surface area contributed by atoms with Crippen molar-refractivity contribution in [2.45, 2.75) is 19.9 Å². The Morgan fingerprint density at radius 3 is 2.65 bits per heavy atom. The second kappa shape index (κ2) is 4.69. The van der Waals surface area contributed by atoms with Gasteiger partial charge in [-0.1, -0.05) is 12.1 Å². The van der Waals surface area contributed by atoms with E-state index in [1.807, 2.05) is 42.8 Å². The molecule has 0 radical (unpaired) electrons. The largest absolute Gasteiger partial charge is 0.329 e. The second-order valence-electron chi connectivity index (χ2n) is 4.28. The summed E-state index contributed by atoms with van der Waals surface area (Å²) in [4.78, 5) is 0. The summed E-state index contributed by atoms with van der Waals surface area (Å²) in [6, 6.07) is 9.97. The molecule has 4 heteroatoms. The zero-order valence-corrected chi connectivity index (χ0v) is 10.2. The first-order valence-corrected chi connectivity index (χ1v) is 5.71. The molecule has 1 heterocycles. The van der Waals surface area contributed by atoms with Crippen molar-refractivity contribution in [3.63, 3.8) is 0 Å². The van der Waals surface area contributed by atoms with Crippen LogP contribution in [0.5, 0.6) is 0 Å². The van der Waals surface area contributed by atoms with Gasteiger partial charge in [0.2, 0.25) is 0 Å². The van der Waals surface area contributed by atoms with Gasteiger partial charge in [0.15, 0.2) is 0 Å². The highest BCUT2D eigenvalue weighted by molar-refractivity contribution is 5.38. The summed E-state index contributed by atoms with van der Waals surface area (Å²) in [6.07, 6.45) is 0. The van der Waals surface area contributed by atoms with Crippen LogP contribution in [0.15, 0.2) is 30.3 Å². The third-order valence-corrected chi connectivity index (χ3v) is 2.81. The van der Waals surface area contributed by atoms with E-state index in [4.69, 9.17) is 11.5 Å². The highest BCUT2D eigenvalue weighted by Crippen LogP contribution is 2.16. The molecule has 1 atom stereocenters. The highest BCUT2D eigenvalue weighted by Gasteiger charge is 2.07. The highest BCUT2D eigenvalue weighted by atomic mass is 15.3. The molecule has 0 bridgehead atoms. The molecule has 0 fully saturated rings. The van der Waals surface area contributed by atoms with Crippen molar-refractivity contribution in [3.8, 4) is 5.69 Å². The summed E-state index contributed by atoms with van der Waals surface area (Å²) in [5.41, 5.74) is 15.7. The van der Waals surface area contributed by atoms with Gasteiger partial charge in [-0.15, -0.1) is 0 Å². The Bertz CT molecular complexity index is 516. The van der Waals surface area contributed by atoms with Crippen LogP contribution in [-0.4, -0.2) is 16.3 Å². The lowest BCUT2D eigenvalue weighted by Crippen LogP contribution is -2.20. The molecule has 0 aliphatic carbocycles. The molecule has 0 aliphatic heterocycles. The molecule has 0 saturated carbocycles. The number of hydrogen-bond donors (Lipinski definition) is 2. The molecule has 0 amide bonds. The summed E-state index contributed by atoms with van der Waals surface area (Å²) >= 11 is 0. The Morgan fingerprint density at radius 2 is 2.06 bits per heavy atom. The van der Waals surface area contributed by atoms with E-state index >= 15 is 0 Å². The molecule has 4 N–H and O–H groups in total. The number of hydrogen-bond acceptors (Lipinski definition) is 3. The summed E-state index contributed by atoms with van der Waals surface area (Å²) in [5, 5.41) is 4.45. The van der Waals surface area contributed by atoms with E-state index in [9.17, 15) is 0 Å². The normalized spacial score (nSPS) is 12.7. The van der Waals surface area contributed by atoms with Crippen LogP contribution in [0.1, 0.15) is 23.0 Å². The van der Waals surface area contributed by atoms with Crippen molar-refractivity contribution in [2.75, 3.05) is 6.54 Å². The summed E-state index contributed by atoms with van der Waals surface area (Å²) in [7, 11) is 0. The lowest BCUT2D eigenvalue weighted by atomic mass is 10.1. The summed E-state index contributed by atoms with van der Waals surface area (Å²) < 4.78 is 1.92. The van der Waals surface area contributed by atoms with E-state index < -0.39 is 0 Å². The minimum atomic E-state index is -0.119. The fourth-order valence-electron chi connectivity index (χ4n) is 1.91. The molecule has 1 aromatic carbocycles. The van der Waals surface area contributed by atoms with Gasteiger partial charge in [0.1, 0.15) is 0 Å². The Labute approximate surface area is 101 Å². The Kier molecular flexibility index (Phi) is 3.26. The minimum absolute atomic E-state index is 0.119. The second-order valence-corrected chi connectivity index (χ2v) is 4.28. The van der Waals surface area contributed by atoms with Gasteiger partial charge < -0.3 is 11.5 Å². The van der Waals surface area contributed by atoms with Crippen LogP contribution < -0.4 is 11.5 Å². The zero-order valence-electron chi connectivity index (χ0n) is 10.2. The van der Waals surface area contributed by atoms with Gasteiger partial charge in [0.25, 0.3) is 0 Å². The Hall–Kier alpha value is -1.65. The molecule has 0 aliphatic rings. The van der Waals surface area contributed by atoms with Gasteiger partial charge in [-0.3, -0.25) is 0 Å². The van der Waals surface area contributed by atoms with Crippen LogP contribution in [0.2, 0.25) is 0 Å². The van der Waals surface area contributed by atoms with E-state index in [1.165, 1.54) is 0 Å². The maximum absolute atomic E-state index is 5.93. The number of aromatic nitrogens is 2. The van der Waals surface area contributed by atoms with Crippen LogP contribution in [0.25, 0.3) is 5.69 Å². The first kappa shape index (κ1) is 11.8. The van der Waals surface area contributed by atoms with Crippen molar-refractivity contribution in [1.82, 2.24) is 9.78 Å². The molecule has 0 unspecified atom stereocenters. The SMILES string of the molecule is Cc1cc(C)n(-c2cccc([C@@H](N)CN)c2)n1. The molecule has 0 saturated heterocycles. The molecular weight excluding hydrogens is 212 g/mol. The fourth-order valence-corrected chi connectivity index (χ4v) is 1.91. The molecule has 1 aromatic heterocycles. The molecule has 4 nitrogen and oxygen atoms in total. The van der Waals surface area contributed by atoms with Crippen LogP contribution in [0, 0.1) is 13.8 Å². The molecule has 2 rings (SSSR count). The van der Waals surface area contributed by atoms with E-state index in [2.05, 4.69) is 11.2 Å². The van der Waals surface area contributed by atoms with Gasteiger partial charge in [-0.25, -0.2) is 4.68 Å². The topological polar surface area (TPSA) is 69.9 Å². The third-order valence-electron chi connectivity index (χ3n) is 2.81. The molecule has 2 aromatic rings. The lowest BCUT2D eigenvalue weighted by Gasteiger charge is -2.11. The number of nitrogens with two attached hydrogens (primary N) is 2. The monoisotopic (exact) mass is 230 g/mol. The third kappa shape index (κ3) is 2.38. The van der Waals surface area contributed by atoms with Crippen LogP contribution >= 0.6 is 0 Å². The maximum atomic E-state index is 5.93. The van der Waals surface area contributed by atoms with E-state index in [0.29, 0.717) is 6.54 Å². The van der Waals surface area contributed by atoms with E-state index in [-0.39, 0.29) is 6.04 Å². The predicted molar refractivity (Wildman–Crippen MR) is 69.0 cm³/mol. The van der Waals surface area contributed by atoms with Crippen molar-refractivity contribution in [2.24, 2.45) is 11.5 Å². The van der Waals surface area contributed by atoms with E-state index in [1.54, 1.807) is 0 Å². The number of benzene rings is 1. The lowest BCUT2D eigenvalue weighted by molar-refractivity contribution is 0.733. The summed E-state index contributed by atoms with van der Waals surface area (Å²) in [5.74, 6) is 0. The first-order valence-electron chi connectivity index (χ1n) is 5.71. The maximum Gasteiger partial charge on any atom is 0.0652 e. The van der Waals surface area contributed by atoms with Gasteiger partial charge in [-0.2, -0.15) is 5.10 Å². The van der Waals surface area contributed by atoms with Crippen LogP contribution in [0.4, 0.5) is 0 Å². The van der Waals surface area contributed by atoms with Gasteiger partial charge in [-0.05, 0) is 37.6 Å². The van der Waals surface area contributed by atoms with E-state index in [0.717, 1.165) is 22.6 Å². The number of nitrogens with zero attached hydrogens (tertiary/aromatic N) is 2. The van der Waals surface area contributed by atoms with Crippen LogP contribution in [0.3, 0.4) is 0 Å². The molecule has 17 heavy (non-hydrogen) atoms. The van der Waals surface area contributed by atoms with Crippen molar-refractivity contribution >= 4 is 0 Å². The minimum Gasteiger partial charge on any atom is -0.329 e. The van der Waals surface area contributed by atoms with Crippen LogP contribution in [-0.2, 0) is 0 Å². The molecular formula is C13H18N4. The fraction of sp³-hybridized carbons (Fsp3) is 0.308. The van der Waals surface area contributed by atoms with Gasteiger partial charge in [0, 0.05) is 18.3 Å². The van der Waals surface area contributed by atoms with Crippen molar-refractivity contribution < 1.29 is 0 Å². The standard InChI is InChI=1S/C13H18N4/c1-9-6-10(2)17(16-9)12-5-3-4-11(7-12)13(15)8-14/h3-7,13H,8,14-15H2,1-2H3/t13-/m0/s1.